The zero-order valence-electron chi connectivity index (χ0n) is 17.2. The number of nitrogens with one attached hydrogen (secondary N) is 2. The summed E-state index contributed by atoms with van der Waals surface area (Å²) in [5.74, 6) is -0.590. The van der Waals surface area contributed by atoms with Crippen molar-refractivity contribution >= 4 is 23.7 Å². The van der Waals surface area contributed by atoms with Gasteiger partial charge in [0.05, 0.1) is 18.5 Å². The summed E-state index contributed by atoms with van der Waals surface area (Å²) in [6, 6.07) is -0.711. The van der Waals surface area contributed by atoms with E-state index in [-0.39, 0.29) is 55.0 Å². The molecule has 0 radical (unpaired) electrons. The maximum absolute atomic E-state index is 12.9. The molecular weight excluding hydrogens is 362 g/mol. The molecule has 0 unspecified atom stereocenters. The molecule has 0 aromatic rings. The molecule has 1 saturated heterocycles. The van der Waals surface area contributed by atoms with E-state index in [0.717, 1.165) is 19.3 Å². The van der Waals surface area contributed by atoms with Crippen LogP contribution in [0.1, 0.15) is 59.3 Å². The van der Waals surface area contributed by atoms with Crippen molar-refractivity contribution in [2.75, 3.05) is 19.6 Å². The molecule has 1 aliphatic carbocycles. The quantitative estimate of drug-likeness (QED) is 0.585. The van der Waals surface area contributed by atoms with E-state index < -0.39 is 12.1 Å². The molecule has 2 fully saturated rings. The Labute approximate surface area is 166 Å². The second-order valence-corrected chi connectivity index (χ2v) is 8.16. The van der Waals surface area contributed by atoms with E-state index in [1.807, 2.05) is 13.8 Å². The summed E-state index contributed by atoms with van der Waals surface area (Å²) in [6.45, 7) is 6.38. The van der Waals surface area contributed by atoms with Gasteiger partial charge in [-0.3, -0.25) is 14.4 Å². The predicted molar refractivity (Wildman–Crippen MR) is 103 cm³/mol. The van der Waals surface area contributed by atoms with Gasteiger partial charge in [-0.05, 0) is 38.0 Å². The number of amides is 3. The van der Waals surface area contributed by atoms with Crippen molar-refractivity contribution in [2.45, 2.75) is 71.4 Å². The number of hydrogen-bond acceptors (Lipinski definition) is 5. The number of ether oxygens (including phenoxy) is 1. The van der Waals surface area contributed by atoms with Crippen LogP contribution in [0.2, 0.25) is 0 Å². The van der Waals surface area contributed by atoms with Crippen molar-refractivity contribution in [1.82, 2.24) is 15.5 Å². The smallest absolute Gasteiger partial charge is 0.407 e. The van der Waals surface area contributed by atoms with Crippen LogP contribution in [0.5, 0.6) is 0 Å². The van der Waals surface area contributed by atoms with Gasteiger partial charge in [0.1, 0.15) is 6.10 Å². The predicted octanol–water partition coefficient (Wildman–Crippen LogP) is 1.62. The van der Waals surface area contributed by atoms with E-state index in [0.29, 0.717) is 19.4 Å². The minimum atomic E-state index is -0.711. The standard InChI is InChI=1S/C20H33N3O5/c1-4-18(25)23(11-14-8-9-21-19(14)26)12-17(24)16(10-13(2)3)22-20(27)28-15-6-5-7-15/h13-16H,4-12H2,1-3H3,(H,21,26)(H,22,27)/t14-,16-/m0/s1. The molecule has 0 aromatic carbocycles. The van der Waals surface area contributed by atoms with Crippen molar-refractivity contribution in [2.24, 2.45) is 11.8 Å². The lowest BCUT2D eigenvalue weighted by Crippen LogP contribution is -2.49. The lowest BCUT2D eigenvalue weighted by molar-refractivity contribution is -0.137. The van der Waals surface area contributed by atoms with Crippen LogP contribution >= 0.6 is 0 Å². The third-order valence-corrected chi connectivity index (χ3v) is 5.32. The van der Waals surface area contributed by atoms with Gasteiger partial charge >= 0.3 is 6.09 Å². The second kappa shape index (κ2) is 10.4. The SMILES string of the molecule is CCC(=O)N(CC(=O)[C@H](CC(C)C)NC(=O)OC1CCC1)C[C@@H]1CCNC1=O. The highest BCUT2D eigenvalue weighted by Crippen LogP contribution is 2.22. The van der Waals surface area contributed by atoms with Crippen molar-refractivity contribution in [3.8, 4) is 0 Å². The zero-order chi connectivity index (χ0) is 20.7. The highest BCUT2D eigenvalue weighted by Gasteiger charge is 2.31. The summed E-state index contributed by atoms with van der Waals surface area (Å²) in [6.07, 6.45) is 3.51. The number of alkyl carbamates (subject to hydrolysis) is 1. The van der Waals surface area contributed by atoms with Gasteiger partial charge in [-0.1, -0.05) is 20.8 Å². The van der Waals surface area contributed by atoms with E-state index in [4.69, 9.17) is 4.74 Å². The van der Waals surface area contributed by atoms with Gasteiger partial charge in [0, 0.05) is 19.5 Å². The highest BCUT2D eigenvalue weighted by molar-refractivity contribution is 5.92. The normalized spacial score (nSPS) is 20.3. The Kier molecular flexibility index (Phi) is 8.26. The molecule has 158 valence electrons. The lowest BCUT2D eigenvalue weighted by atomic mass is 9.96. The number of ketones is 1. The molecule has 8 heteroatoms. The first-order valence-corrected chi connectivity index (χ1v) is 10.4. The first-order valence-electron chi connectivity index (χ1n) is 10.4. The number of carbonyl (C=O) groups excluding carboxylic acids is 4. The summed E-state index contributed by atoms with van der Waals surface area (Å²) in [4.78, 5) is 50.7. The Morgan fingerprint density at radius 2 is 1.96 bits per heavy atom. The molecular formula is C20H33N3O5. The van der Waals surface area contributed by atoms with Crippen LogP contribution in [0.15, 0.2) is 0 Å². The van der Waals surface area contributed by atoms with Gasteiger partial charge in [0.15, 0.2) is 5.78 Å². The lowest BCUT2D eigenvalue weighted by Gasteiger charge is -2.29. The first kappa shape index (κ1) is 22.2. The van der Waals surface area contributed by atoms with Crippen LogP contribution in [0.3, 0.4) is 0 Å². The van der Waals surface area contributed by atoms with Crippen molar-refractivity contribution in [1.29, 1.82) is 0 Å². The van der Waals surface area contributed by atoms with E-state index >= 15 is 0 Å². The summed E-state index contributed by atoms with van der Waals surface area (Å²) in [5.41, 5.74) is 0. The van der Waals surface area contributed by atoms with E-state index in [2.05, 4.69) is 10.6 Å². The summed E-state index contributed by atoms with van der Waals surface area (Å²) in [5, 5.41) is 5.44. The molecule has 8 nitrogen and oxygen atoms in total. The summed E-state index contributed by atoms with van der Waals surface area (Å²) in [7, 11) is 0. The van der Waals surface area contributed by atoms with Gasteiger partial charge in [-0.25, -0.2) is 4.79 Å². The van der Waals surface area contributed by atoms with Crippen molar-refractivity contribution < 1.29 is 23.9 Å². The maximum atomic E-state index is 12.9. The molecule has 2 atom stereocenters. The Morgan fingerprint density at radius 1 is 1.25 bits per heavy atom. The number of hydrogen-bond donors (Lipinski definition) is 2. The largest absolute Gasteiger partial charge is 0.446 e. The maximum Gasteiger partial charge on any atom is 0.407 e. The van der Waals surface area contributed by atoms with E-state index in [1.54, 1.807) is 6.92 Å². The van der Waals surface area contributed by atoms with E-state index in [9.17, 15) is 19.2 Å². The van der Waals surface area contributed by atoms with Gasteiger partial charge in [-0.15, -0.1) is 0 Å². The number of carbonyl (C=O) groups is 4. The molecule has 0 bridgehead atoms. The summed E-state index contributed by atoms with van der Waals surface area (Å²) < 4.78 is 5.31. The fraction of sp³-hybridized carbons (Fsp3) is 0.800. The van der Waals surface area contributed by atoms with Crippen LogP contribution in [0, 0.1) is 11.8 Å². The average Bonchev–Trinajstić information content (AvgIpc) is 3.00. The molecule has 1 heterocycles. The minimum Gasteiger partial charge on any atom is -0.446 e. The molecule has 2 aliphatic rings. The fourth-order valence-corrected chi connectivity index (χ4v) is 3.42. The topological polar surface area (TPSA) is 105 Å². The van der Waals surface area contributed by atoms with Crippen LogP contribution < -0.4 is 10.6 Å². The summed E-state index contributed by atoms with van der Waals surface area (Å²) >= 11 is 0. The fourth-order valence-electron chi connectivity index (χ4n) is 3.42. The number of rotatable bonds is 10. The van der Waals surface area contributed by atoms with Crippen LogP contribution in [-0.4, -0.2) is 60.4 Å². The molecule has 28 heavy (non-hydrogen) atoms. The van der Waals surface area contributed by atoms with Crippen LogP contribution in [0.25, 0.3) is 0 Å². The van der Waals surface area contributed by atoms with Crippen LogP contribution in [0.4, 0.5) is 4.79 Å². The zero-order valence-corrected chi connectivity index (χ0v) is 17.2. The number of Topliss-reactive ketones (excluding diaryl/α,β-unsaturated/α-hetero) is 1. The van der Waals surface area contributed by atoms with Gasteiger partial charge in [0.2, 0.25) is 11.8 Å². The third kappa shape index (κ3) is 6.49. The monoisotopic (exact) mass is 395 g/mol. The molecule has 1 saturated carbocycles. The minimum absolute atomic E-state index is 0.0613. The van der Waals surface area contributed by atoms with Crippen molar-refractivity contribution in [3.63, 3.8) is 0 Å². The molecule has 2 rings (SSSR count). The molecule has 0 aromatic heterocycles. The highest BCUT2D eigenvalue weighted by atomic mass is 16.6. The Balaban J connectivity index is 1.98. The first-order chi connectivity index (χ1) is 13.3. The van der Waals surface area contributed by atoms with Gasteiger partial charge < -0.3 is 20.3 Å². The van der Waals surface area contributed by atoms with E-state index in [1.165, 1.54) is 4.90 Å². The van der Waals surface area contributed by atoms with Gasteiger partial charge in [0.25, 0.3) is 0 Å². The Morgan fingerprint density at radius 3 is 2.46 bits per heavy atom. The van der Waals surface area contributed by atoms with Gasteiger partial charge in [-0.2, -0.15) is 0 Å². The third-order valence-electron chi connectivity index (χ3n) is 5.32. The van der Waals surface area contributed by atoms with Crippen molar-refractivity contribution in [3.05, 3.63) is 0 Å². The molecule has 1 aliphatic heterocycles. The molecule has 3 amide bonds. The molecule has 2 N–H and O–H groups in total. The Bertz CT molecular complexity index is 588. The Hall–Kier alpha value is -2.12. The second-order valence-electron chi connectivity index (χ2n) is 8.16. The van der Waals surface area contributed by atoms with Crippen LogP contribution in [-0.2, 0) is 19.1 Å². The molecule has 0 spiro atoms. The number of nitrogens with zero attached hydrogens (tertiary/aromatic N) is 1. The average molecular weight is 396 g/mol.